The van der Waals surface area contributed by atoms with Gasteiger partial charge in [-0.3, -0.25) is 0 Å². The standard InChI is InChI=1S/C11H9F2NO4/c12-7-3-5(10(16)9(15)1-2-14)6(11(17)18)4-8(7)13/h3-4,9-10,15-16H,1H2,(H,17,18). The minimum absolute atomic E-state index is 0.412. The molecular weight excluding hydrogens is 248 g/mol. The van der Waals surface area contributed by atoms with Crippen LogP contribution in [0.3, 0.4) is 0 Å². The first-order chi connectivity index (χ1) is 8.38. The molecule has 5 nitrogen and oxygen atoms in total. The molecule has 0 radical (unpaired) electrons. The SMILES string of the molecule is N#CCC(O)C(O)c1cc(F)c(F)cc1C(=O)O. The number of hydrogen-bond donors (Lipinski definition) is 3. The summed E-state index contributed by atoms with van der Waals surface area (Å²) in [4.78, 5) is 10.8. The number of benzene rings is 1. The molecule has 3 N–H and O–H groups in total. The summed E-state index contributed by atoms with van der Waals surface area (Å²) in [6.45, 7) is 0. The van der Waals surface area contributed by atoms with Gasteiger partial charge in [-0.05, 0) is 12.1 Å². The van der Waals surface area contributed by atoms with Crippen LogP contribution in [-0.2, 0) is 0 Å². The Morgan fingerprint density at radius 1 is 1.33 bits per heavy atom. The molecular formula is C11H9F2NO4. The normalized spacial score (nSPS) is 13.7. The van der Waals surface area contributed by atoms with Crippen LogP contribution in [0.2, 0.25) is 0 Å². The number of nitrogens with zero attached hydrogens (tertiary/aromatic N) is 1. The molecule has 0 fully saturated rings. The number of halogens is 2. The average molecular weight is 257 g/mol. The van der Waals surface area contributed by atoms with Gasteiger partial charge in [0.1, 0.15) is 6.10 Å². The van der Waals surface area contributed by atoms with Crippen molar-refractivity contribution < 1.29 is 28.9 Å². The van der Waals surface area contributed by atoms with Gasteiger partial charge >= 0.3 is 5.97 Å². The van der Waals surface area contributed by atoms with Gasteiger partial charge in [-0.1, -0.05) is 0 Å². The molecule has 1 aromatic carbocycles. The van der Waals surface area contributed by atoms with E-state index in [0.29, 0.717) is 12.1 Å². The number of carboxylic acid groups (broad SMARTS) is 1. The predicted molar refractivity (Wildman–Crippen MR) is 54.5 cm³/mol. The number of aromatic carboxylic acids is 1. The number of hydrogen-bond acceptors (Lipinski definition) is 4. The lowest BCUT2D eigenvalue weighted by Gasteiger charge is -2.17. The summed E-state index contributed by atoms with van der Waals surface area (Å²) >= 11 is 0. The van der Waals surface area contributed by atoms with E-state index in [1.54, 1.807) is 6.07 Å². The molecule has 96 valence electrons. The third kappa shape index (κ3) is 2.80. The molecule has 18 heavy (non-hydrogen) atoms. The van der Waals surface area contributed by atoms with Crippen LogP contribution in [0.1, 0.15) is 28.4 Å². The van der Waals surface area contributed by atoms with Crippen LogP contribution in [0.4, 0.5) is 8.78 Å². The van der Waals surface area contributed by atoms with E-state index in [9.17, 15) is 23.8 Å². The molecule has 0 saturated heterocycles. The van der Waals surface area contributed by atoms with E-state index >= 15 is 0 Å². The lowest BCUT2D eigenvalue weighted by molar-refractivity contribution is 0.0203. The lowest BCUT2D eigenvalue weighted by atomic mass is 9.97. The van der Waals surface area contributed by atoms with Gasteiger partial charge in [0.05, 0.1) is 24.2 Å². The fraction of sp³-hybridized carbons (Fsp3) is 0.273. The highest BCUT2D eigenvalue weighted by Crippen LogP contribution is 2.25. The highest BCUT2D eigenvalue weighted by molar-refractivity contribution is 5.89. The van der Waals surface area contributed by atoms with Crippen LogP contribution in [0.25, 0.3) is 0 Å². The van der Waals surface area contributed by atoms with Crippen LogP contribution in [0.5, 0.6) is 0 Å². The Labute approximate surface area is 101 Å². The first kappa shape index (κ1) is 14.0. The van der Waals surface area contributed by atoms with Gasteiger partial charge < -0.3 is 15.3 Å². The Hall–Kier alpha value is -2.04. The molecule has 2 atom stereocenters. The monoisotopic (exact) mass is 257 g/mol. The van der Waals surface area contributed by atoms with Crippen molar-refractivity contribution in [2.45, 2.75) is 18.6 Å². The van der Waals surface area contributed by atoms with E-state index in [-0.39, 0.29) is 0 Å². The number of nitriles is 1. The zero-order valence-corrected chi connectivity index (χ0v) is 8.97. The topological polar surface area (TPSA) is 102 Å². The highest BCUT2D eigenvalue weighted by atomic mass is 19.2. The summed E-state index contributed by atoms with van der Waals surface area (Å²) in [5.74, 6) is -4.30. The molecule has 0 aliphatic carbocycles. The van der Waals surface area contributed by atoms with E-state index in [4.69, 9.17) is 10.4 Å². The third-order valence-electron chi connectivity index (χ3n) is 2.31. The molecule has 7 heteroatoms. The van der Waals surface area contributed by atoms with E-state index in [0.717, 1.165) is 0 Å². The second kappa shape index (κ2) is 5.53. The summed E-state index contributed by atoms with van der Waals surface area (Å²) in [5, 5.41) is 36.1. The summed E-state index contributed by atoms with van der Waals surface area (Å²) in [6.07, 6.45) is -3.84. The molecule has 0 bridgehead atoms. The number of carbonyl (C=O) groups is 1. The lowest BCUT2D eigenvalue weighted by Crippen LogP contribution is -2.20. The van der Waals surface area contributed by atoms with Crippen molar-refractivity contribution in [3.05, 3.63) is 34.9 Å². The summed E-state index contributed by atoms with van der Waals surface area (Å²) in [6, 6.07) is 2.47. The number of aliphatic hydroxyl groups is 2. The molecule has 1 aromatic rings. The Balaban J connectivity index is 3.26. The average Bonchev–Trinajstić information content (AvgIpc) is 2.31. The van der Waals surface area contributed by atoms with Gasteiger partial charge in [0.2, 0.25) is 0 Å². The molecule has 1 rings (SSSR count). The molecule has 2 unspecified atom stereocenters. The van der Waals surface area contributed by atoms with Crippen molar-refractivity contribution in [1.82, 2.24) is 0 Å². The van der Waals surface area contributed by atoms with Crippen molar-refractivity contribution in [3.63, 3.8) is 0 Å². The summed E-state index contributed by atoms with van der Waals surface area (Å²) in [5.41, 5.74) is -1.15. The van der Waals surface area contributed by atoms with Crippen molar-refractivity contribution in [1.29, 1.82) is 5.26 Å². The largest absolute Gasteiger partial charge is 0.478 e. The van der Waals surface area contributed by atoms with Gasteiger partial charge in [0.15, 0.2) is 11.6 Å². The highest BCUT2D eigenvalue weighted by Gasteiger charge is 2.25. The quantitative estimate of drug-likeness (QED) is 0.746. The molecule has 0 aliphatic heterocycles. The Kier molecular flexibility index (Phi) is 4.31. The molecule has 0 amide bonds. The van der Waals surface area contributed by atoms with Gasteiger partial charge in [0, 0.05) is 5.56 Å². The predicted octanol–water partition coefficient (Wildman–Crippen LogP) is 0.971. The molecule has 0 spiro atoms. The number of aliphatic hydroxyl groups excluding tert-OH is 2. The third-order valence-corrected chi connectivity index (χ3v) is 2.31. The fourth-order valence-corrected chi connectivity index (χ4v) is 1.40. The first-order valence-electron chi connectivity index (χ1n) is 4.83. The van der Waals surface area contributed by atoms with E-state index in [1.807, 2.05) is 0 Å². The van der Waals surface area contributed by atoms with Crippen molar-refractivity contribution in [2.75, 3.05) is 0 Å². The smallest absolute Gasteiger partial charge is 0.336 e. The minimum atomic E-state index is -1.79. The second-order valence-electron chi connectivity index (χ2n) is 3.53. The van der Waals surface area contributed by atoms with Crippen LogP contribution >= 0.6 is 0 Å². The van der Waals surface area contributed by atoms with Gasteiger partial charge in [-0.2, -0.15) is 5.26 Å². The maximum Gasteiger partial charge on any atom is 0.336 e. The van der Waals surface area contributed by atoms with Crippen LogP contribution < -0.4 is 0 Å². The van der Waals surface area contributed by atoms with E-state index < -0.39 is 47.4 Å². The molecule has 0 saturated carbocycles. The van der Waals surface area contributed by atoms with Crippen LogP contribution in [0, 0.1) is 23.0 Å². The van der Waals surface area contributed by atoms with Gasteiger partial charge in [-0.25, -0.2) is 13.6 Å². The summed E-state index contributed by atoms with van der Waals surface area (Å²) in [7, 11) is 0. The van der Waals surface area contributed by atoms with Crippen molar-refractivity contribution in [2.24, 2.45) is 0 Å². The van der Waals surface area contributed by atoms with Crippen LogP contribution in [-0.4, -0.2) is 27.4 Å². The number of carboxylic acids is 1. The molecule has 0 aliphatic rings. The Bertz CT molecular complexity index is 513. The van der Waals surface area contributed by atoms with Crippen molar-refractivity contribution in [3.8, 4) is 6.07 Å². The summed E-state index contributed by atoms with van der Waals surface area (Å²) < 4.78 is 25.9. The van der Waals surface area contributed by atoms with E-state index in [1.165, 1.54) is 0 Å². The van der Waals surface area contributed by atoms with E-state index in [2.05, 4.69) is 0 Å². The minimum Gasteiger partial charge on any atom is -0.478 e. The van der Waals surface area contributed by atoms with Gasteiger partial charge in [-0.15, -0.1) is 0 Å². The first-order valence-corrected chi connectivity index (χ1v) is 4.83. The Morgan fingerprint density at radius 2 is 1.89 bits per heavy atom. The molecule has 0 heterocycles. The van der Waals surface area contributed by atoms with Gasteiger partial charge in [0.25, 0.3) is 0 Å². The Morgan fingerprint density at radius 3 is 2.39 bits per heavy atom. The maximum absolute atomic E-state index is 13.0. The molecule has 0 aromatic heterocycles. The van der Waals surface area contributed by atoms with Crippen molar-refractivity contribution >= 4 is 5.97 Å². The zero-order chi connectivity index (χ0) is 13.9. The maximum atomic E-state index is 13.0. The number of rotatable bonds is 4. The second-order valence-corrected chi connectivity index (χ2v) is 3.53. The zero-order valence-electron chi connectivity index (χ0n) is 8.97. The van der Waals surface area contributed by atoms with Crippen LogP contribution in [0.15, 0.2) is 12.1 Å². The fourth-order valence-electron chi connectivity index (χ4n) is 1.40.